The molecule has 2 amide bonds. The van der Waals surface area contributed by atoms with Crippen molar-refractivity contribution >= 4 is 35.0 Å². The van der Waals surface area contributed by atoms with Gasteiger partial charge in [0.25, 0.3) is 5.91 Å². The highest BCUT2D eigenvalue weighted by Crippen LogP contribution is 2.25. The summed E-state index contributed by atoms with van der Waals surface area (Å²) in [7, 11) is 1.56. The quantitative estimate of drug-likeness (QED) is 0.538. The second kappa shape index (κ2) is 9.80. The third-order valence-electron chi connectivity index (χ3n) is 4.20. The molecule has 5 nitrogen and oxygen atoms in total. The van der Waals surface area contributed by atoms with Crippen LogP contribution in [0, 0.1) is 0 Å². The molecule has 0 aliphatic rings. The second-order valence-corrected chi connectivity index (χ2v) is 7.71. The molecule has 0 aromatic heterocycles. The number of benzene rings is 3. The number of amides is 2. The Hall–Kier alpha value is -3.25. The Kier molecular flexibility index (Phi) is 6.92. The number of thioether (sulfide) groups is 1. The zero-order valence-corrected chi connectivity index (χ0v) is 17.0. The first kappa shape index (κ1) is 20.5. The van der Waals surface area contributed by atoms with Gasteiger partial charge in [-0.05, 0) is 55.5 Å². The highest BCUT2D eigenvalue weighted by Gasteiger charge is 2.15. The molecule has 0 spiro atoms. The number of anilines is 2. The lowest BCUT2D eigenvalue weighted by Gasteiger charge is -2.13. The van der Waals surface area contributed by atoms with Crippen molar-refractivity contribution in [3.63, 3.8) is 0 Å². The molecular formula is C23H22N2O3S. The lowest BCUT2D eigenvalue weighted by molar-refractivity contribution is -0.115. The molecule has 0 heterocycles. The third-order valence-corrected chi connectivity index (χ3v) is 5.31. The summed E-state index contributed by atoms with van der Waals surface area (Å²) < 4.78 is 5.25. The van der Waals surface area contributed by atoms with Gasteiger partial charge in [0.1, 0.15) is 5.75 Å². The molecule has 29 heavy (non-hydrogen) atoms. The Labute approximate surface area is 174 Å². The maximum Gasteiger partial charge on any atom is 0.255 e. The number of methoxy groups -OCH3 is 1. The molecule has 1 atom stereocenters. The van der Waals surface area contributed by atoms with Crippen LogP contribution in [0.5, 0.6) is 5.75 Å². The molecule has 0 radical (unpaired) electrons. The van der Waals surface area contributed by atoms with Gasteiger partial charge in [0.05, 0.1) is 18.0 Å². The average Bonchev–Trinajstić information content (AvgIpc) is 2.75. The van der Waals surface area contributed by atoms with E-state index in [0.29, 0.717) is 22.7 Å². The minimum atomic E-state index is -0.250. The van der Waals surface area contributed by atoms with Gasteiger partial charge in [-0.2, -0.15) is 0 Å². The van der Waals surface area contributed by atoms with Crippen LogP contribution < -0.4 is 15.4 Å². The van der Waals surface area contributed by atoms with Gasteiger partial charge < -0.3 is 15.4 Å². The number of nitrogens with one attached hydrogen (secondary N) is 2. The molecule has 3 rings (SSSR count). The lowest BCUT2D eigenvalue weighted by atomic mass is 10.2. The van der Waals surface area contributed by atoms with Crippen molar-refractivity contribution < 1.29 is 14.3 Å². The van der Waals surface area contributed by atoms with E-state index in [1.807, 2.05) is 49.4 Å². The lowest BCUT2D eigenvalue weighted by Crippen LogP contribution is -2.22. The SMILES string of the molecule is COc1ccccc1NC(=O)c1ccc(NC(=O)C(C)Sc2ccccc2)cc1. The van der Waals surface area contributed by atoms with Crippen LogP contribution in [0.1, 0.15) is 17.3 Å². The fourth-order valence-corrected chi connectivity index (χ4v) is 3.54. The van der Waals surface area contributed by atoms with Crippen LogP contribution in [0.25, 0.3) is 0 Å². The molecule has 1 unspecified atom stereocenters. The van der Waals surface area contributed by atoms with E-state index < -0.39 is 0 Å². The van der Waals surface area contributed by atoms with Gasteiger partial charge in [-0.25, -0.2) is 0 Å². The molecule has 0 aliphatic carbocycles. The average molecular weight is 407 g/mol. The summed E-state index contributed by atoms with van der Waals surface area (Å²) in [6.07, 6.45) is 0. The first-order chi connectivity index (χ1) is 14.1. The molecular weight excluding hydrogens is 384 g/mol. The number of rotatable bonds is 7. The molecule has 6 heteroatoms. The minimum Gasteiger partial charge on any atom is -0.495 e. The van der Waals surface area contributed by atoms with Crippen LogP contribution >= 0.6 is 11.8 Å². The molecule has 2 N–H and O–H groups in total. The third kappa shape index (κ3) is 5.62. The standard InChI is InChI=1S/C23H22N2O3S/c1-16(29-19-8-4-3-5-9-19)22(26)24-18-14-12-17(13-15-18)23(27)25-20-10-6-7-11-21(20)28-2/h3-16H,1-2H3,(H,24,26)(H,25,27). The number of hydrogen-bond acceptors (Lipinski definition) is 4. The van der Waals surface area contributed by atoms with Gasteiger partial charge in [0, 0.05) is 16.1 Å². The zero-order valence-electron chi connectivity index (χ0n) is 16.2. The van der Waals surface area contributed by atoms with Crippen LogP contribution in [-0.4, -0.2) is 24.2 Å². The number of hydrogen-bond donors (Lipinski definition) is 2. The van der Waals surface area contributed by atoms with Crippen molar-refractivity contribution in [1.82, 2.24) is 0 Å². The fraction of sp³-hybridized carbons (Fsp3) is 0.130. The predicted molar refractivity (Wildman–Crippen MR) is 118 cm³/mol. The van der Waals surface area contributed by atoms with Crippen molar-refractivity contribution in [3.05, 3.63) is 84.4 Å². The van der Waals surface area contributed by atoms with E-state index >= 15 is 0 Å². The van der Waals surface area contributed by atoms with Crippen LogP contribution in [0.3, 0.4) is 0 Å². The van der Waals surface area contributed by atoms with Crippen LogP contribution in [0.4, 0.5) is 11.4 Å². The molecule has 3 aromatic carbocycles. The Morgan fingerprint density at radius 3 is 2.21 bits per heavy atom. The molecule has 0 bridgehead atoms. The van der Waals surface area contributed by atoms with Crippen molar-refractivity contribution in [2.75, 3.05) is 17.7 Å². The van der Waals surface area contributed by atoms with E-state index in [9.17, 15) is 9.59 Å². The predicted octanol–water partition coefficient (Wildman–Crippen LogP) is 5.07. The zero-order chi connectivity index (χ0) is 20.6. The van der Waals surface area contributed by atoms with Crippen molar-refractivity contribution in [2.24, 2.45) is 0 Å². The van der Waals surface area contributed by atoms with E-state index in [4.69, 9.17) is 4.74 Å². The highest BCUT2D eigenvalue weighted by atomic mass is 32.2. The number of carbonyl (C=O) groups is 2. The van der Waals surface area contributed by atoms with E-state index in [2.05, 4.69) is 10.6 Å². The van der Waals surface area contributed by atoms with Gasteiger partial charge in [0.15, 0.2) is 0 Å². The van der Waals surface area contributed by atoms with Crippen LogP contribution in [0.15, 0.2) is 83.8 Å². The van der Waals surface area contributed by atoms with E-state index in [0.717, 1.165) is 4.90 Å². The van der Waals surface area contributed by atoms with Crippen LogP contribution in [-0.2, 0) is 4.79 Å². The Bertz CT molecular complexity index is 975. The summed E-state index contributed by atoms with van der Waals surface area (Å²) in [6, 6.07) is 23.8. The molecule has 148 valence electrons. The number of ether oxygens (including phenoxy) is 1. The molecule has 0 aliphatic heterocycles. The highest BCUT2D eigenvalue weighted by molar-refractivity contribution is 8.00. The van der Waals surface area contributed by atoms with Gasteiger partial charge in [0.2, 0.25) is 5.91 Å². The summed E-state index contributed by atoms with van der Waals surface area (Å²) in [5.41, 5.74) is 1.73. The van der Waals surface area contributed by atoms with Gasteiger partial charge >= 0.3 is 0 Å². The van der Waals surface area contributed by atoms with E-state index in [1.165, 1.54) is 11.8 Å². The fourth-order valence-electron chi connectivity index (χ4n) is 2.65. The Morgan fingerprint density at radius 2 is 1.52 bits per heavy atom. The van der Waals surface area contributed by atoms with Gasteiger partial charge in [-0.3, -0.25) is 9.59 Å². The largest absolute Gasteiger partial charge is 0.495 e. The summed E-state index contributed by atoms with van der Waals surface area (Å²) in [4.78, 5) is 25.9. The summed E-state index contributed by atoms with van der Waals surface area (Å²) >= 11 is 1.50. The number of para-hydroxylation sites is 2. The first-order valence-electron chi connectivity index (χ1n) is 9.14. The Morgan fingerprint density at radius 1 is 0.862 bits per heavy atom. The summed E-state index contributed by atoms with van der Waals surface area (Å²) in [5, 5.41) is 5.47. The molecule has 0 saturated heterocycles. The molecule has 0 saturated carbocycles. The van der Waals surface area contributed by atoms with E-state index in [1.54, 1.807) is 43.5 Å². The van der Waals surface area contributed by atoms with Gasteiger partial charge in [-0.15, -0.1) is 11.8 Å². The summed E-state index contributed by atoms with van der Waals surface area (Å²) in [5.74, 6) is 0.250. The molecule has 0 fully saturated rings. The minimum absolute atomic E-state index is 0.0925. The smallest absolute Gasteiger partial charge is 0.255 e. The summed E-state index contributed by atoms with van der Waals surface area (Å²) in [6.45, 7) is 1.86. The van der Waals surface area contributed by atoms with Crippen molar-refractivity contribution in [1.29, 1.82) is 0 Å². The normalized spacial score (nSPS) is 11.4. The topological polar surface area (TPSA) is 67.4 Å². The van der Waals surface area contributed by atoms with Crippen molar-refractivity contribution in [3.8, 4) is 5.75 Å². The van der Waals surface area contributed by atoms with Gasteiger partial charge in [-0.1, -0.05) is 30.3 Å². The monoisotopic (exact) mass is 406 g/mol. The maximum absolute atomic E-state index is 12.5. The second-order valence-electron chi connectivity index (χ2n) is 6.29. The van der Waals surface area contributed by atoms with Crippen molar-refractivity contribution in [2.45, 2.75) is 17.1 Å². The molecule has 3 aromatic rings. The van der Waals surface area contributed by atoms with E-state index in [-0.39, 0.29) is 17.1 Å². The Balaban J connectivity index is 1.59. The van der Waals surface area contributed by atoms with Crippen LogP contribution in [0.2, 0.25) is 0 Å². The maximum atomic E-state index is 12.5. The first-order valence-corrected chi connectivity index (χ1v) is 10.0. The number of carbonyl (C=O) groups excluding carboxylic acids is 2.